The molecular formula is C16H20N4O. The molecule has 110 valence electrons. The number of nitrogens with two attached hydrogens (primary N) is 1. The highest BCUT2D eigenvalue weighted by Crippen LogP contribution is 2.30. The first kappa shape index (κ1) is 13.8. The molecule has 21 heavy (non-hydrogen) atoms. The molecule has 2 unspecified atom stereocenters. The Morgan fingerprint density at radius 2 is 2.14 bits per heavy atom. The minimum Gasteiger partial charge on any atom is -0.350 e. The molecular weight excluding hydrogens is 264 g/mol. The number of rotatable bonds is 4. The Labute approximate surface area is 124 Å². The van der Waals surface area contributed by atoms with Crippen LogP contribution in [0.3, 0.4) is 0 Å². The Bertz CT molecular complexity index is 582. The van der Waals surface area contributed by atoms with E-state index in [2.05, 4.69) is 14.9 Å². The molecule has 1 fully saturated rings. The molecule has 5 nitrogen and oxygen atoms in total. The van der Waals surface area contributed by atoms with E-state index in [4.69, 9.17) is 5.73 Å². The SMILES string of the molecule is N[C@H](C(=O)NC1CCCC1n1ccnc1)c1ccccc1. The van der Waals surface area contributed by atoms with Gasteiger partial charge in [0.05, 0.1) is 12.4 Å². The zero-order valence-corrected chi connectivity index (χ0v) is 11.9. The van der Waals surface area contributed by atoms with Gasteiger partial charge in [0.15, 0.2) is 0 Å². The summed E-state index contributed by atoms with van der Waals surface area (Å²) < 4.78 is 2.08. The van der Waals surface area contributed by atoms with Crippen LogP contribution in [0, 0.1) is 0 Å². The first-order valence-electron chi connectivity index (χ1n) is 7.34. The maximum Gasteiger partial charge on any atom is 0.241 e. The molecule has 1 aromatic heterocycles. The van der Waals surface area contributed by atoms with Crippen LogP contribution < -0.4 is 11.1 Å². The van der Waals surface area contributed by atoms with Gasteiger partial charge in [-0.25, -0.2) is 4.98 Å². The highest BCUT2D eigenvalue weighted by molar-refractivity contribution is 5.83. The maximum absolute atomic E-state index is 12.4. The summed E-state index contributed by atoms with van der Waals surface area (Å²) >= 11 is 0. The smallest absolute Gasteiger partial charge is 0.241 e. The van der Waals surface area contributed by atoms with Crippen molar-refractivity contribution >= 4 is 5.91 Å². The van der Waals surface area contributed by atoms with Crippen molar-refractivity contribution in [2.24, 2.45) is 5.73 Å². The number of carbonyl (C=O) groups is 1. The third-order valence-electron chi connectivity index (χ3n) is 4.16. The number of hydrogen-bond acceptors (Lipinski definition) is 3. The van der Waals surface area contributed by atoms with Gasteiger partial charge in [-0.2, -0.15) is 0 Å². The number of carbonyl (C=O) groups excluding carboxylic acids is 1. The highest BCUT2D eigenvalue weighted by atomic mass is 16.2. The fourth-order valence-electron chi connectivity index (χ4n) is 3.02. The maximum atomic E-state index is 12.4. The zero-order chi connectivity index (χ0) is 14.7. The summed E-state index contributed by atoms with van der Waals surface area (Å²) in [5.74, 6) is -0.113. The van der Waals surface area contributed by atoms with Gasteiger partial charge in [-0.05, 0) is 24.8 Å². The van der Waals surface area contributed by atoms with Crippen LogP contribution in [0.15, 0.2) is 49.1 Å². The van der Waals surface area contributed by atoms with E-state index >= 15 is 0 Å². The summed E-state index contributed by atoms with van der Waals surface area (Å²) in [6, 6.07) is 9.26. The summed E-state index contributed by atoms with van der Waals surface area (Å²) in [4.78, 5) is 16.4. The molecule has 0 radical (unpaired) electrons. The summed E-state index contributed by atoms with van der Waals surface area (Å²) in [6.45, 7) is 0. The van der Waals surface area contributed by atoms with Gasteiger partial charge in [-0.1, -0.05) is 30.3 Å². The van der Waals surface area contributed by atoms with Crippen molar-refractivity contribution in [2.45, 2.75) is 37.4 Å². The molecule has 3 atom stereocenters. The van der Waals surface area contributed by atoms with Gasteiger partial charge in [0.25, 0.3) is 0 Å². The van der Waals surface area contributed by atoms with Crippen LogP contribution >= 0.6 is 0 Å². The van der Waals surface area contributed by atoms with Crippen molar-refractivity contribution in [1.29, 1.82) is 0 Å². The van der Waals surface area contributed by atoms with Crippen LogP contribution in [0.4, 0.5) is 0 Å². The number of nitrogens with zero attached hydrogens (tertiary/aromatic N) is 2. The topological polar surface area (TPSA) is 72.9 Å². The number of aromatic nitrogens is 2. The second-order valence-corrected chi connectivity index (χ2v) is 5.51. The van der Waals surface area contributed by atoms with Crippen LogP contribution in [0.2, 0.25) is 0 Å². The first-order chi connectivity index (χ1) is 10.3. The van der Waals surface area contributed by atoms with Crippen LogP contribution in [0.25, 0.3) is 0 Å². The quantitative estimate of drug-likeness (QED) is 0.899. The molecule has 0 saturated heterocycles. The second kappa shape index (κ2) is 6.10. The lowest BCUT2D eigenvalue weighted by molar-refractivity contribution is -0.123. The van der Waals surface area contributed by atoms with E-state index in [9.17, 15) is 4.79 Å². The van der Waals surface area contributed by atoms with Gasteiger partial charge in [-0.3, -0.25) is 4.79 Å². The Balaban J connectivity index is 1.67. The fourth-order valence-corrected chi connectivity index (χ4v) is 3.02. The van der Waals surface area contributed by atoms with E-state index in [1.165, 1.54) is 0 Å². The van der Waals surface area contributed by atoms with Gasteiger partial charge in [-0.15, -0.1) is 0 Å². The Morgan fingerprint density at radius 3 is 2.86 bits per heavy atom. The fraction of sp³-hybridized carbons (Fsp3) is 0.375. The van der Waals surface area contributed by atoms with Crippen molar-refractivity contribution in [1.82, 2.24) is 14.9 Å². The van der Waals surface area contributed by atoms with E-state index in [1.807, 2.05) is 42.9 Å². The molecule has 1 aromatic carbocycles. The first-order valence-corrected chi connectivity index (χ1v) is 7.34. The Morgan fingerprint density at radius 1 is 1.33 bits per heavy atom. The molecule has 1 saturated carbocycles. The van der Waals surface area contributed by atoms with Crippen molar-refractivity contribution in [2.75, 3.05) is 0 Å². The van der Waals surface area contributed by atoms with Crippen LogP contribution in [0.1, 0.15) is 36.9 Å². The van der Waals surface area contributed by atoms with Crippen molar-refractivity contribution in [3.8, 4) is 0 Å². The number of benzene rings is 1. The molecule has 1 amide bonds. The summed E-state index contributed by atoms with van der Waals surface area (Å²) in [6.07, 6.45) is 8.68. The summed E-state index contributed by atoms with van der Waals surface area (Å²) in [7, 11) is 0. The summed E-state index contributed by atoms with van der Waals surface area (Å²) in [5, 5.41) is 3.10. The molecule has 1 aliphatic carbocycles. The average Bonchev–Trinajstić information content (AvgIpc) is 3.18. The molecule has 0 spiro atoms. The number of hydrogen-bond donors (Lipinski definition) is 2. The van der Waals surface area contributed by atoms with E-state index < -0.39 is 6.04 Å². The van der Waals surface area contributed by atoms with Crippen molar-refractivity contribution < 1.29 is 4.79 Å². The summed E-state index contributed by atoms with van der Waals surface area (Å²) in [5.41, 5.74) is 6.89. The normalized spacial score (nSPS) is 22.9. The van der Waals surface area contributed by atoms with Crippen molar-refractivity contribution in [3.63, 3.8) is 0 Å². The Hall–Kier alpha value is -2.14. The van der Waals surface area contributed by atoms with Crippen LogP contribution in [-0.2, 0) is 4.79 Å². The van der Waals surface area contributed by atoms with Gasteiger partial charge in [0.2, 0.25) is 5.91 Å². The van der Waals surface area contributed by atoms with E-state index in [-0.39, 0.29) is 18.0 Å². The van der Waals surface area contributed by atoms with Gasteiger partial charge >= 0.3 is 0 Å². The molecule has 1 aliphatic rings. The molecule has 2 aromatic rings. The molecule has 5 heteroatoms. The third kappa shape index (κ3) is 2.97. The number of amides is 1. The third-order valence-corrected chi connectivity index (χ3v) is 4.16. The second-order valence-electron chi connectivity index (χ2n) is 5.51. The van der Waals surface area contributed by atoms with Gasteiger partial charge in [0.1, 0.15) is 6.04 Å². The lowest BCUT2D eigenvalue weighted by atomic mass is 10.1. The predicted octanol–water partition coefficient (Wildman–Crippen LogP) is 1.79. The number of nitrogens with one attached hydrogen (secondary N) is 1. The van der Waals surface area contributed by atoms with Gasteiger partial charge in [0, 0.05) is 18.4 Å². The minimum atomic E-state index is -0.616. The standard InChI is InChI=1S/C16H20N4O/c17-15(12-5-2-1-3-6-12)16(21)19-13-7-4-8-14(13)20-10-9-18-11-20/h1-3,5-6,9-11,13-15H,4,7-8,17H2,(H,19,21)/t13?,14?,15-/m0/s1. The largest absolute Gasteiger partial charge is 0.350 e. The van der Waals surface area contributed by atoms with E-state index in [1.54, 1.807) is 6.20 Å². The van der Waals surface area contributed by atoms with Gasteiger partial charge < -0.3 is 15.6 Å². The lowest BCUT2D eigenvalue weighted by Crippen LogP contribution is -2.42. The van der Waals surface area contributed by atoms with Crippen LogP contribution in [-0.4, -0.2) is 21.5 Å². The Kier molecular flexibility index (Phi) is 4.01. The highest BCUT2D eigenvalue weighted by Gasteiger charge is 2.31. The zero-order valence-electron chi connectivity index (χ0n) is 11.9. The predicted molar refractivity (Wildman–Crippen MR) is 80.4 cm³/mol. The molecule has 1 heterocycles. The molecule has 0 bridgehead atoms. The monoisotopic (exact) mass is 284 g/mol. The molecule has 0 aliphatic heterocycles. The van der Waals surface area contributed by atoms with E-state index in [0.29, 0.717) is 0 Å². The molecule has 3 N–H and O–H groups in total. The number of imidazole rings is 1. The van der Waals surface area contributed by atoms with E-state index in [0.717, 1.165) is 24.8 Å². The minimum absolute atomic E-state index is 0.113. The average molecular weight is 284 g/mol. The lowest BCUT2D eigenvalue weighted by Gasteiger charge is -2.24. The molecule has 3 rings (SSSR count). The van der Waals surface area contributed by atoms with Crippen LogP contribution in [0.5, 0.6) is 0 Å². The van der Waals surface area contributed by atoms with Crippen molar-refractivity contribution in [3.05, 3.63) is 54.6 Å².